The molecule has 2 aromatic rings. The van der Waals surface area contributed by atoms with Gasteiger partial charge in [0, 0.05) is 24.7 Å². The van der Waals surface area contributed by atoms with Crippen LogP contribution in [0.1, 0.15) is 22.5 Å². The van der Waals surface area contributed by atoms with E-state index < -0.39 is 11.7 Å². The molecule has 0 radical (unpaired) electrons. The van der Waals surface area contributed by atoms with Crippen LogP contribution < -0.4 is 15.4 Å². The SMILES string of the molecule is C=C(CCNC(=O)c1cnoc1C)NC(=O)COc1ccc(Cl)c(F)c1. The quantitative estimate of drug-likeness (QED) is 0.733. The Hall–Kier alpha value is -2.87. The average Bonchev–Trinajstić information content (AvgIpc) is 3.02. The third-order valence-electron chi connectivity index (χ3n) is 3.28. The van der Waals surface area contributed by atoms with Crippen LogP contribution in [0.4, 0.5) is 4.39 Å². The molecule has 1 aromatic heterocycles. The third-order valence-corrected chi connectivity index (χ3v) is 3.59. The largest absolute Gasteiger partial charge is 0.484 e. The Labute approximate surface area is 154 Å². The number of halogens is 2. The molecular formula is C17H17ClFN3O4. The number of aryl methyl sites for hydroxylation is 1. The predicted octanol–water partition coefficient (Wildman–Crippen LogP) is 2.60. The summed E-state index contributed by atoms with van der Waals surface area (Å²) in [6.45, 7) is 5.29. The van der Waals surface area contributed by atoms with Crippen LogP contribution >= 0.6 is 11.6 Å². The molecule has 7 nitrogen and oxygen atoms in total. The van der Waals surface area contributed by atoms with Crippen molar-refractivity contribution in [2.75, 3.05) is 13.2 Å². The normalized spacial score (nSPS) is 10.3. The Morgan fingerprint density at radius 3 is 2.85 bits per heavy atom. The number of nitrogens with zero attached hydrogens (tertiary/aromatic N) is 1. The fourth-order valence-corrected chi connectivity index (χ4v) is 2.07. The lowest BCUT2D eigenvalue weighted by molar-refractivity contribution is -0.122. The number of ether oxygens (including phenoxy) is 1. The molecule has 26 heavy (non-hydrogen) atoms. The standard InChI is InChI=1S/C17H17ClFN3O4/c1-10(5-6-20-17(24)13-8-21-26-11(13)2)22-16(23)9-25-12-3-4-14(18)15(19)7-12/h3-4,7-8H,1,5-6,9H2,2H3,(H,20,24)(H,22,23). The Kier molecular flexibility index (Phi) is 6.74. The van der Waals surface area contributed by atoms with E-state index >= 15 is 0 Å². The fraction of sp³-hybridized carbons (Fsp3) is 0.235. The molecule has 2 amide bonds. The van der Waals surface area contributed by atoms with Gasteiger partial charge in [0.2, 0.25) is 0 Å². The van der Waals surface area contributed by atoms with E-state index in [4.69, 9.17) is 20.9 Å². The van der Waals surface area contributed by atoms with Crippen molar-refractivity contribution < 1.29 is 23.2 Å². The second kappa shape index (κ2) is 9.00. The van der Waals surface area contributed by atoms with E-state index in [1.807, 2.05) is 0 Å². The first kappa shape index (κ1) is 19.5. The van der Waals surface area contributed by atoms with E-state index in [2.05, 4.69) is 22.4 Å². The van der Waals surface area contributed by atoms with E-state index in [1.165, 1.54) is 18.3 Å². The van der Waals surface area contributed by atoms with Crippen molar-refractivity contribution in [1.82, 2.24) is 15.8 Å². The third kappa shape index (κ3) is 5.59. The first-order valence-corrected chi connectivity index (χ1v) is 7.99. The van der Waals surface area contributed by atoms with Gasteiger partial charge in [-0.15, -0.1) is 0 Å². The van der Waals surface area contributed by atoms with Gasteiger partial charge in [-0.2, -0.15) is 0 Å². The lowest BCUT2D eigenvalue weighted by atomic mass is 10.2. The summed E-state index contributed by atoms with van der Waals surface area (Å²) in [4.78, 5) is 23.6. The van der Waals surface area contributed by atoms with Crippen molar-refractivity contribution in [3.05, 3.63) is 58.8 Å². The molecule has 138 valence electrons. The average molecular weight is 382 g/mol. The van der Waals surface area contributed by atoms with Gasteiger partial charge in [0.25, 0.3) is 11.8 Å². The number of amides is 2. The fourth-order valence-electron chi connectivity index (χ4n) is 1.95. The summed E-state index contributed by atoms with van der Waals surface area (Å²) in [5.74, 6) is -0.801. The summed E-state index contributed by atoms with van der Waals surface area (Å²) in [7, 11) is 0. The minimum Gasteiger partial charge on any atom is -0.484 e. The molecule has 1 aromatic carbocycles. The first-order valence-electron chi connectivity index (χ1n) is 7.61. The number of hydrogen-bond acceptors (Lipinski definition) is 5. The molecule has 0 aliphatic rings. The molecule has 2 rings (SSSR count). The van der Waals surface area contributed by atoms with Crippen molar-refractivity contribution >= 4 is 23.4 Å². The zero-order valence-corrected chi connectivity index (χ0v) is 14.7. The Morgan fingerprint density at radius 1 is 1.42 bits per heavy atom. The van der Waals surface area contributed by atoms with Gasteiger partial charge in [-0.3, -0.25) is 9.59 Å². The molecule has 1 heterocycles. The second-order valence-electron chi connectivity index (χ2n) is 5.32. The molecule has 0 saturated heterocycles. The summed E-state index contributed by atoms with van der Waals surface area (Å²) >= 11 is 5.56. The molecule has 0 saturated carbocycles. The topological polar surface area (TPSA) is 93.5 Å². The van der Waals surface area contributed by atoms with Crippen LogP contribution in [0.5, 0.6) is 5.75 Å². The minimum absolute atomic E-state index is 0.0291. The van der Waals surface area contributed by atoms with E-state index in [0.717, 1.165) is 6.07 Å². The lowest BCUT2D eigenvalue weighted by Gasteiger charge is -2.10. The highest BCUT2D eigenvalue weighted by molar-refractivity contribution is 6.30. The van der Waals surface area contributed by atoms with Crippen molar-refractivity contribution in [3.63, 3.8) is 0 Å². The molecule has 0 unspecified atom stereocenters. The van der Waals surface area contributed by atoms with Crippen molar-refractivity contribution in [1.29, 1.82) is 0 Å². The van der Waals surface area contributed by atoms with Gasteiger partial charge in [-0.05, 0) is 19.1 Å². The molecule has 0 fully saturated rings. The number of carbonyl (C=O) groups is 2. The molecule has 9 heteroatoms. The van der Waals surface area contributed by atoms with Crippen molar-refractivity contribution in [2.45, 2.75) is 13.3 Å². The van der Waals surface area contributed by atoms with Gasteiger partial charge in [0.05, 0.1) is 11.2 Å². The van der Waals surface area contributed by atoms with Crippen LogP contribution in [0.15, 0.2) is 41.2 Å². The van der Waals surface area contributed by atoms with Crippen LogP contribution in [0.2, 0.25) is 5.02 Å². The number of carbonyl (C=O) groups excluding carboxylic acids is 2. The molecule has 2 N–H and O–H groups in total. The Bertz CT molecular complexity index is 822. The first-order chi connectivity index (χ1) is 12.4. The highest BCUT2D eigenvalue weighted by Crippen LogP contribution is 2.20. The van der Waals surface area contributed by atoms with Crippen LogP contribution in [-0.4, -0.2) is 30.1 Å². The lowest BCUT2D eigenvalue weighted by Crippen LogP contribution is -2.31. The van der Waals surface area contributed by atoms with E-state index in [1.54, 1.807) is 6.92 Å². The van der Waals surface area contributed by atoms with Crippen LogP contribution in [-0.2, 0) is 4.79 Å². The van der Waals surface area contributed by atoms with E-state index in [9.17, 15) is 14.0 Å². The van der Waals surface area contributed by atoms with Gasteiger partial charge in [-0.25, -0.2) is 4.39 Å². The summed E-state index contributed by atoms with van der Waals surface area (Å²) < 4.78 is 23.3. The van der Waals surface area contributed by atoms with E-state index in [0.29, 0.717) is 23.4 Å². The maximum Gasteiger partial charge on any atom is 0.262 e. The minimum atomic E-state index is -0.632. The van der Waals surface area contributed by atoms with Crippen LogP contribution in [0.25, 0.3) is 0 Å². The number of aromatic nitrogens is 1. The number of benzene rings is 1. The molecule has 0 spiro atoms. The molecule has 0 aliphatic heterocycles. The van der Waals surface area contributed by atoms with Gasteiger partial charge < -0.3 is 19.9 Å². The predicted molar refractivity (Wildman–Crippen MR) is 92.4 cm³/mol. The summed E-state index contributed by atoms with van der Waals surface area (Å²) in [6.07, 6.45) is 1.66. The Morgan fingerprint density at radius 2 is 2.19 bits per heavy atom. The molecule has 0 aliphatic carbocycles. The van der Waals surface area contributed by atoms with Gasteiger partial charge in [-0.1, -0.05) is 23.3 Å². The highest BCUT2D eigenvalue weighted by atomic mass is 35.5. The summed E-state index contributed by atoms with van der Waals surface area (Å²) in [6, 6.07) is 3.88. The zero-order valence-electron chi connectivity index (χ0n) is 14.0. The van der Waals surface area contributed by atoms with E-state index in [-0.39, 0.29) is 29.8 Å². The summed E-state index contributed by atoms with van der Waals surface area (Å²) in [5.41, 5.74) is 0.756. The molecule has 0 atom stereocenters. The van der Waals surface area contributed by atoms with Crippen molar-refractivity contribution in [2.24, 2.45) is 0 Å². The smallest absolute Gasteiger partial charge is 0.262 e. The van der Waals surface area contributed by atoms with Crippen molar-refractivity contribution in [3.8, 4) is 5.75 Å². The maximum absolute atomic E-state index is 13.3. The molecule has 0 bridgehead atoms. The monoisotopic (exact) mass is 381 g/mol. The summed E-state index contributed by atoms with van der Waals surface area (Å²) in [5, 5.41) is 8.70. The van der Waals surface area contributed by atoms with Gasteiger partial charge >= 0.3 is 0 Å². The number of nitrogens with one attached hydrogen (secondary N) is 2. The zero-order chi connectivity index (χ0) is 19.1. The maximum atomic E-state index is 13.3. The van der Waals surface area contributed by atoms with Crippen LogP contribution in [0, 0.1) is 12.7 Å². The van der Waals surface area contributed by atoms with Gasteiger partial charge in [0.1, 0.15) is 22.9 Å². The van der Waals surface area contributed by atoms with Gasteiger partial charge in [0.15, 0.2) is 6.61 Å². The Balaban J connectivity index is 1.68. The second-order valence-corrected chi connectivity index (χ2v) is 5.73. The molecular weight excluding hydrogens is 365 g/mol. The van der Waals surface area contributed by atoms with Crippen LogP contribution in [0.3, 0.4) is 0 Å². The number of rotatable bonds is 8. The number of hydrogen-bond donors (Lipinski definition) is 2. The highest BCUT2D eigenvalue weighted by Gasteiger charge is 2.12.